The van der Waals surface area contributed by atoms with Crippen molar-refractivity contribution < 1.29 is 9.47 Å². The average Bonchev–Trinajstić information content (AvgIpc) is 2.55. The highest BCUT2D eigenvalue weighted by Crippen LogP contribution is 2.25. The standard InChI is InChI=1S/C17H22N2O2/c1-2-12-20-17-11-7-6-10-15(17)16(19-18)13-21-14-8-4-3-5-9-14/h3-11,16,19H,2,12-13,18H2,1H3. The Morgan fingerprint density at radius 2 is 1.71 bits per heavy atom. The van der Waals surface area contributed by atoms with E-state index in [0.29, 0.717) is 13.2 Å². The first-order valence-electron chi connectivity index (χ1n) is 7.21. The number of nitrogens with one attached hydrogen (secondary N) is 1. The fourth-order valence-electron chi connectivity index (χ4n) is 2.04. The summed E-state index contributed by atoms with van der Waals surface area (Å²) in [5.74, 6) is 7.35. The Labute approximate surface area is 125 Å². The zero-order chi connectivity index (χ0) is 14.9. The van der Waals surface area contributed by atoms with E-state index in [4.69, 9.17) is 15.3 Å². The van der Waals surface area contributed by atoms with Gasteiger partial charge in [-0.1, -0.05) is 43.3 Å². The van der Waals surface area contributed by atoms with Crippen LogP contribution in [0.25, 0.3) is 0 Å². The van der Waals surface area contributed by atoms with Gasteiger partial charge in [-0.05, 0) is 24.6 Å². The second kappa shape index (κ2) is 8.29. The molecule has 0 spiro atoms. The summed E-state index contributed by atoms with van der Waals surface area (Å²) in [6.07, 6.45) is 0.968. The Morgan fingerprint density at radius 1 is 1.00 bits per heavy atom. The SMILES string of the molecule is CCCOc1ccccc1C(COc1ccccc1)NN. The molecular weight excluding hydrogens is 264 g/mol. The van der Waals surface area contributed by atoms with Crippen LogP contribution in [0, 0.1) is 0 Å². The molecule has 2 aromatic carbocycles. The van der Waals surface area contributed by atoms with Gasteiger partial charge in [0.1, 0.15) is 18.1 Å². The monoisotopic (exact) mass is 286 g/mol. The van der Waals surface area contributed by atoms with Crippen LogP contribution in [0.3, 0.4) is 0 Å². The Hall–Kier alpha value is -2.04. The summed E-state index contributed by atoms with van der Waals surface area (Å²) in [5, 5.41) is 0. The lowest BCUT2D eigenvalue weighted by molar-refractivity contribution is 0.257. The second-order valence-electron chi connectivity index (χ2n) is 4.73. The van der Waals surface area contributed by atoms with Crippen LogP contribution in [0.2, 0.25) is 0 Å². The molecule has 0 aliphatic carbocycles. The summed E-state index contributed by atoms with van der Waals surface area (Å²) < 4.78 is 11.5. The molecule has 0 aromatic heterocycles. The van der Waals surface area contributed by atoms with Gasteiger partial charge in [0, 0.05) is 5.56 Å². The van der Waals surface area contributed by atoms with Crippen LogP contribution in [-0.4, -0.2) is 13.2 Å². The third kappa shape index (κ3) is 4.48. The molecule has 0 amide bonds. The average molecular weight is 286 g/mol. The lowest BCUT2D eigenvalue weighted by atomic mass is 10.1. The van der Waals surface area contributed by atoms with E-state index < -0.39 is 0 Å². The van der Waals surface area contributed by atoms with Crippen molar-refractivity contribution in [2.75, 3.05) is 13.2 Å². The fraction of sp³-hybridized carbons (Fsp3) is 0.294. The molecule has 1 unspecified atom stereocenters. The van der Waals surface area contributed by atoms with Crippen molar-refractivity contribution in [1.29, 1.82) is 0 Å². The lowest BCUT2D eigenvalue weighted by Crippen LogP contribution is -2.32. The Morgan fingerprint density at radius 3 is 2.43 bits per heavy atom. The molecule has 0 aliphatic rings. The van der Waals surface area contributed by atoms with Gasteiger partial charge in [0.05, 0.1) is 12.6 Å². The first kappa shape index (κ1) is 15.4. The van der Waals surface area contributed by atoms with E-state index in [1.165, 1.54) is 0 Å². The number of rotatable bonds is 8. The molecule has 21 heavy (non-hydrogen) atoms. The van der Waals surface area contributed by atoms with Crippen molar-refractivity contribution in [2.45, 2.75) is 19.4 Å². The zero-order valence-corrected chi connectivity index (χ0v) is 12.3. The Balaban J connectivity index is 2.06. The number of para-hydroxylation sites is 2. The molecule has 2 aromatic rings. The topological polar surface area (TPSA) is 56.5 Å². The third-order valence-electron chi connectivity index (χ3n) is 3.12. The molecule has 112 valence electrons. The minimum atomic E-state index is -0.127. The van der Waals surface area contributed by atoms with Crippen LogP contribution in [-0.2, 0) is 0 Å². The van der Waals surface area contributed by atoms with E-state index in [0.717, 1.165) is 23.5 Å². The lowest BCUT2D eigenvalue weighted by Gasteiger charge is -2.20. The molecule has 2 rings (SSSR count). The third-order valence-corrected chi connectivity index (χ3v) is 3.12. The van der Waals surface area contributed by atoms with Crippen molar-refractivity contribution in [2.24, 2.45) is 5.84 Å². The van der Waals surface area contributed by atoms with Gasteiger partial charge in [-0.3, -0.25) is 5.84 Å². The van der Waals surface area contributed by atoms with Crippen LogP contribution < -0.4 is 20.7 Å². The van der Waals surface area contributed by atoms with Crippen molar-refractivity contribution in [3.05, 3.63) is 60.2 Å². The summed E-state index contributed by atoms with van der Waals surface area (Å²) in [6, 6.07) is 17.5. The minimum absolute atomic E-state index is 0.127. The van der Waals surface area contributed by atoms with Gasteiger partial charge in [-0.25, -0.2) is 5.43 Å². The van der Waals surface area contributed by atoms with Crippen LogP contribution in [0.1, 0.15) is 24.9 Å². The second-order valence-corrected chi connectivity index (χ2v) is 4.73. The molecule has 4 heteroatoms. The fourth-order valence-corrected chi connectivity index (χ4v) is 2.04. The summed E-state index contributed by atoms with van der Waals surface area (Å²) in [5.41, 5.74) is 3.80. The summed E-state index contributed by atoms with van der Waals surface area (Å²) in [6.45, 7) is 3.21. The number of hydrogen-bond acceptors (Lipinski definition) is 4. The van der Waals surface area contributed by atoms with Crippen molar-refractivity contribution >= 4 is 0 Å². The largest absolute Gasteiger partial charge is 0.493 e. The number of benzene rings is 2. The molecule has 3 N–H and O–H groups in total. The van der Waals surface area contributed by atoms with Crippen LogP contribution in [0.15, 0.2) is 54.6 Å². The molecular formula is C17H22N2O2. The zero-order valence-electron chi connectivity index (χ0n) is 12.3. The van der Waals surface area contributed by atoms with Crippen LogP contribution in [0.5, 0.6) is 11.5 Å². The van der Waals surface area contributed by atoms with Crippen LogP contribution >= 0.6 is 0 Å². The van der Waals surface area contributed by atoms with Gasteiger partial charge < -0.3 is 9.47 Å². The molecule has 0 radical (unpaired) electrons. The number of ether oxygens (including phenoxy) is 2. The molecule has 0 aliphatic heterocycles. The van der Waals surface area contributed by atoms with Gasteiger partial charge in [-0.2, -0.15) is 0 Å². The highest BCUT2D eigenvalue weighted by molar-refractivity contribution is 5.36. The molecule has 0 heterocycles. The number of hydrogen-bond donors (Lipinski definition) is 2. The van der Waals surface area contributed by atoms with E-state index in [-0.39, 0.29) is 6.04 Å². The summed E-state index contributed by atoms with van der Waals surface area (Å²) in [4.78, 5) is 0. The smallest absolute Gasteiger partial charge is 0.124 e. The van der Waals surface area contributed by atoms with Crippen molar-refractivity contribution in [3.63, 3.8) is 0 Å². The predicted molar refractivity (Wildman–Crippen MR) is 84.2 cm³/mol. The highest BCUT2D eigenvalue weighted by Gasteiger charge is 2.15. The Kier molecular flexibility index (Phi) is 6.06. The van der Waals surface area contributed by atoms with Crippen molar-refractivity contribution in [3.8, 4) is 11.5 Å². The number of nitrogens with two attached hydrogens (primary N) is 1. The first-order valence-corrected chi connectivity index (χ1v) is 7.21. The van der Waals surface area contributed by atoms with Crippen molar-refractivity contribution in [1.82, 2.24) is 5.43 Å². The van der Waals surface area contributed by atoms with E-state index in [9.17, 15) is 0 Å². The highest BCUT2D eigenvalue weighted by atomic mass is 16.5. The van der Waals surface area contributed by atoms with Gasteiger partial charge in [-0.15, -0.1) is 0 Å². The first-order chi connectivity index (χ1) is 10.3. The molecule has 4 nitrogen and oxygen atoms in total. The molecule has 0 saturated heterocycles. The van der Waals surface area contributed by atoms with E-state index >= 15 is 0 Å². The maximum absolute atomic E-state index is 5.77. The molecule has 0 bridgehead atoms. The number of hydrazine groups is 1. The summed E-state index contributed by atoms with van der Waals surface area (Å²) >= 11 is 0. The van der Waals surface area contributed by atoms with E-state index in [1.807, 2.05) is 54.6 Å². The van der Waals surface area contributed by atoms with Gasteiger partial charge in [0.15, 0.2) is 0 Å². The van der Waals surface area contributed by atoms with Gasteiger partial charge >= 0.3 is 0 Å². The summed E-state index contributed by atoms with van der Waals surface area (Å²) in [7, 11) is 0. The van der Waals surface area contributed by atoms with Gasteiger partial charge in [0.2, 0.25) is 0 Å². The van der Waals surface area contributed by atoms with E-state index in [1.54, 1.807) is 0 Å². The maximum atomic E-state index is 5.77. The quantitative estimate of drug-likeness (QED) is 0.578. The predicted octanol–water partition coefficient (Wildman–Crippen LogP) is 3.06. The molecule has 0 saturated carbocycles. The Bertz CT molecular complexity index is 531. The van der Waals surface area contributed by atoms with Crippen LogP contribution in [0.4, 0.5) is 0 Å². The maximum Gasteiger partial charge on any atom is 0.124 e. The van der Waals surface area contributed by atoms with Gasteiger partial charge in [0.25, 0.3) is 0 Å². The minimum Gasteiger partial charge on any atom is -0.493 e. The molecule has 0 fully saturated rings. The normalized spacial score (nSPS) is 11.9. The molecule has 1 atom stereocenters. The van der Waals surface area contributed by atoms with E-state index in [2.05, 4.69) is 12.3 Å².